The molecule has 2 aromatic heterocycles. The van der Waals surface area contributed by atoms with Gasteiger partial charge in [0.05, 0.1) is 16.7 Å². The molecule has 0 aliphatic heterocycles. The van der Waals surface area contributed by atoms with Crippen molar-refractivity contribution in [3.63, 3.8) is 0 Å². The number of fused-ring (bicyclic) bond motifs is 3. The molecule has 0 amide bonds. The molecule has 0 saturated carbocycles. The normalized spacial score (nSPS) is 11.4. The van der Waals surface area contributed by atoms with Crippen molar-refractivity contribution in [2.45, 2.75) is 0 Å². The van der Waals surface area contributed by atoms with Gasteiger partial charge in [0.25, 0.3) is 0 Å². The van der Waals surface area contributed by atoms with Crippen molar-refractivity contribution >= 4 is 39.9 Å². The van der Waals surface area contributed by atoms with Gasteiger partial charge in [0.15, 0.2) is 10.8 Å². The monoisotopic (exact) mass is 330 g/mol. The summed E-state index contributed by atoms with van der Waals surface area (Å²) in [7, 11) is 0. The van der Waals surface area contributed by atoms with Crippen LogP contribution in [0.1, 0.15) is 0 Å². The smallest absolute Gasteiger partial charge is 0.245 e. The number of nitrogens with zero attached hydrogens (tertiary/aromatic N) is 4. The van der Waals surface area contributed by atoms with Gasteiger partial charge in [-0.2, -0.15) is 4.68 Å². The van der Waals surface area contributed by atoms with E-state index in [9.17, 15) is 4.79 Å². The summed E-state index contributed by atoms with van der Waals surface area (Å²) in [5.41, 5.74) is 1.92. The second-order valence-corrected chi connectivity index (χ2v) is 5.52. The molecule has 7 heteroatoms. The first-order valence-corrected chi connectivity index (χ1v) is 7.23. The summed E-state index contributed by atoms with van der Waals surface area (Å²) < 4.78 is 2.74. The molecule has 0 aliphatic carbocycles. The average molecular weight is 331 g/mol. The minimum Gasteiger partial charge on any atom is -0.245 e. The highest BCUT2D eigenvalue weighted by atomic mass is 35.5. The maximum absolute atomic E-state index is 12.7. The molecule has 5 nitrogen and oxygen atoms in total. The van der Waals surface area contributed by atoms with Crippen LogP contribution in [0, 0.1) is 0 Å². The second kappa shape index (κ2) is 4.83. The number of halogens is 2. The quantitative estimate of drug-likeness (QED) is 0.537. The van der Waals surface area contributed by atoms with Gasteiger partial charge in [-0.1, -0.05) is 35.3 Å². The van der Waals surface area contributed by atoms with Gasteiger partial charge in [-0.3, -0.25) is 0 Å². The summed E-state index contributed by atoms with van der Waals surface area (Å²) in [6.45, 7) is 0. The zero-order valence-corrected chi connectivity index (χ0v) is 12.6. The van der Waals surface area contributed by atoms with Crippen LogP contribution in [0.5, 0.6) is 0 Å². The number of hydrogen-bond donors (Lipinski definition) is 0. The van der Waals surface area contributed by atoms with Crippen LogP contribution >= 0.6 is 23.2 Å². The molecule has 0 fully saturated rings. The lowest BCUT2D eigenvalue weighted by Gasteiger charge is -2.00. The molecule has 4 rings (SSSR count). The highest BCUT2D eigenvalue weighted by Crippen LogP contribution is 2.20. The lowest BCUT2D eigenvalue weighted by atomic mass is 10.3. The van der Waals surface area contributed by atoms with Crippen LogP contribution in [0.25, 0.3) is 22.4 Å². The number of hydrogen-bond acceptors (Lipinski definition) is 3. The largest absolute Gasteiger partial charge is 0.355 e. The Balaban J connectivity index is 2.13. The van der Waals surface area contributed by atoms with Crippen molar-refractivity contribution in [2.24, 2.45) is 0 Å². The van der Waals surface area contributed by atoms with Crippen molar-refractivity contribution < 1.29 is 0 Å². The Labute approximate surface area is 134 Å². The molecular formula is C15H8Cl2N4O. The predicted molar refractivity (Wildman–Crippen MR) is 86.1 cm³/mol. The van der Waals surface area contributed by atoms with Crippen LogP contribution in [-0.2, 0) is 0 Å². The van der Waals surface area contributed by atoms with Crippen LogP contribution in [0.2, 0.25) is 10.2 Å². The van der Waals surface area contributed by atoms with E-state index in [-0.39, 0.29) is 10.8 Å². The number of benzene rings is 2. The molecule has 0 N–H and O–H groups in total. The number of rotatable bonds is 1. The van der Waals surface area contributed by atoms with E-state index in [1.54, 1.807) is 36.4 Å². The van der Waals surface area contributed by atoms with Crippen LogP contribution in [0.4, 0.5) is 0 Å². The topological polar surface area (TPSA) is 52.2 Å². The molecule has 0 unspecified atom stereocenters. The SMILES string of the molecule is O=c1n(-c2ccc(Cl)cc2)nc2c(Cl)nc3ccccc3n12. The van der Waals surface area contributed by atoms with Gasteiger partial charge in [-0.15, -0.1) is 5.10 Å². The van der Waals surface area contributed by atoms with E-state index >= 15 is 0 Å². The molecule has 4 aromatic rings. The fourth-order valence-electron chi connectivity index (χ4n) is 2.37. The Kier molecular flexibility index (Phi) is 2.92. The van der Waals surface area contributed by atoms with Crippen LogP contribution in [0.15, 0.2) is 53.3 Å². The third-order valence-electron chi connectivity index (χ3n) is 3.38. The number of aromatic nitrogens is 4. The van der Waals surface area contributed by atoms with Crippen LogP contribution in [0.3, 0.4) is 0 Å². The van der Waals surface area contributed by atoms with E-state index in [0.717, 1.165) is 0 Å². The third kappa shape index (κ3) is 1.90. The summed E-state index contributed by atoms with van der Waals surface area (Å²) in [4.78, 5) is 17.0. The van der Waals surface area contributed by atoms with Crippen molar-refractivity contribution in [2.75, 3.05) is 0 Å². The standard InChI is InChI=1S/C15H8Cl2N4O/c16-9-5-7-10(8-6-9)21-15(22)20-12-4-2-1-3-11(12)18-13(17)14(20)19-21/h1-8H. The lowest BCUT2D eigenvalue weighted by Crippen LogP contribution is -2.19. The molecule has 0 spiro atoms. The van der Waals surface area contributed by atoms with Crippen LogP contribution < -0.4 is 5.69 Å². The minimum absolute atomic E-state index is 0.184. The molecule has 0 radical (unpaired) electrons. The Morgan fingerprint density at radius 1 is 0.955 bits per heavy atom. The summed E-state index contributed by atoms with van der Waals surface area (Å²) in [5.74, 6) is 0. The molecule has 108 valence electrons. The van der Waals surface area contributed by atoms with E-state index in [2.05, 4.69) is 10.1 Å². The van der Waals surface area contributed by atoms with E-state index < -0.39 is 0 Å². The fourth-order valence-corrected chi connectivity index (χ4v) is 2.71. The first kappa shape index (κ1) is 13.3. The highest BCUT2D eigenvalue weighted by Gasteiger charge is 2.15. The molecular weight excluding hydrogens is 323 g/mol. The molecule has 0 aliphatic rings. The van der Waals surface area contributed by atoms with E-state index in [0.29, 0.717) is 27.4 Å². The first-order chi connectivity index (χ1) is 10.6. The van der Waals surface area contributed by atoms with Crippen LogP contribution in [-0.4, -0.2) is 19.2 Å². The molecule has 22 heavy (non-hydrogen) atoms. The summed E-state index contributed by atoms with van der Waals surface area (Å²) >= 11 is 12.0. The minimum atomic E-state index is -0.308. The Bertz CT molecular complexity index is 1070. The van der Waals surface area contributed by atoms with Gasteiger partial charge in [0.2, 0.25) is 0 Å². The van der Waals surface area contributed by atoms with Crippen molar-refractivity contribution in [3.8, 4) is 5.69 Å². The van der Waals surface area contributed by atoms with Gasteiger partial charge >= 0.3 is 5.69 Å². The highest BCUT2D eigenvalue weighted by molar-refractivity contribution is 6.32. The molecule has 0 saturated heterocycles. The molecule has 0 bridgehead atoms. The van der Waals surface area contributed by atoms with Crippen molar-refractivity contribution in [3.05, 3.63) is 69.2 Å². The maximum Gasteiger partial charge on any atom is 0.355 e. The van der Waals surface area contributed by atoms with Gasteiger partial charge < -0.3 is 0 Å². The molecule has 2 heterocycles. The van der Waals surface area contributed by atoms with E-state index in [1.807, 2.05) is 12.1 Å². The first-order valence-electron chi connectivity index (χ1n) is 6.47. The Morgan fingerprint density at radius 3 is 2.45 bits per heavy atom. The van der Waals surface area contributed by atoms with Gasteiger partial charge in [0, 0.05) is 5.02 Å². The molecule has 2 aromatic carbocycles. The lowest BCUT2D eigenvalue weighted by molar-refractivity contribution is 0.842. The second-order valence-electron chi connectivity index (χ2n) is 4.72. The van der Waals surface area contributed by atoms with Crippen molar-refractivity contribution in [1.29, 1.82) is 0 Å². The zero-order chi connectivity index (χ0) is 15.3. The van der Waals surface area contributed by atoms with Gasteiger partial charge in [0.1, 0.15) is 0 Å². The average Bonchev–Trinajstić information content (AvgIpc) is 2.87. The predicted octanol–water partition coefficient (Wildman–Crippen LogP) is 3.34. The van der Waals surface area contributed by atoms with Gasteiger partial charge in [-0.25, -0.2) is 14.2 Å². The third-order valence-corrected chi connectivity index (χ3v) is 3.88. The fraction of sp³-hybridized carbons (Fsp3) is 0. The molecule has 0 atom stereocenters. The summed E-state index contributed by atoms with van der Waals surface area (Å²) in [5, 5.41) is 5.06. The Morgan fingerprint density at radius 2 is 1.68 bits per heavy atom. The van der Waals surface area contributed by atoms with Crippen molar-refractivity contribution in [1.82, 2.24) is 19.2 Å². The zero-order valence-electron chi connectivity index (χ0n) is 11.1. The van der Waals surface area contributed by atoms with E-state index in [4.69, 9.17) is 23.2 Å². The number of para-hydroxylation sites is 2. The summed E-state index contributed by atoms with van der Waals surface area (Å²) in [6.07, 6.45) is 0. The Hall–Kier alpha value is -2.37. The maximum atomic E-state index is 12.7. The summed E-state index contributed by atoms with van der Waals surface area (Å²) in [6, 6.07) is 14.1. The van der Waals surface area contributed by atoms with E-state index in [1.165, 1.54) is 9.08 Å². The van der Waals surface area contributed by atoms with Gasteiger partial charge in [-0.05, 0) is 36.4 Å².